The quantitative estimate of drug-likeness (QED) is 0.686. The highest BCUT2D eigenvalue weighted by Gasteiger charge is 2.63. The van der Waals surface area contributed by atoms with Crippen molar-refractivity contribution in [3.05, 3.63) is 87.6 Å². The Morgan fingerprint density at radius 2 is 1.89 bits per heavy atom. The molecule has 1 spiro atoms. The first-order valence-electron chi connectivity index (χ1n) is 8.93. The smallest absolute Gasteiger partial charge is 0.277 e. The Labute approximate surface area is 165 Å². The minimum atomic E-state index is -1.49. The fraction of sp³-hybridized carbons (Fsp3) is 0.136. The molecule has 1 aromatic heterocycles. The van der Waals surface area contributed by atoms with E-state index in [1.165, 1.54) is 11.3 Å². The number of nitrogens with one attached hydrogen (secondary N) is 1. The van der Waals surface area contributed by atoms with Crippen molar-refractivity contribution in [2.24, 2.45) is 11.1 Å². The first-order chi connectivity index (χ1) is 13.6. The van der Waals surface area contributed by atoms with Crippen molar-refractivity contribution >= 4 is 34.4 Å². The van der Waals surface area contributed by atoms with Gasteiger partial charge in [0.1, 0.15) is 11.6 Å². The van der Waals surface area contributed by atoms with E-state index in [1.54, 1.807) is 6.07 Å². The van der Waals surface area contributed by atoms with Crippen molar-refractivity contribution in [1.82, 2.24) is 0 Å². The van der Waals surface area contributed by atoms with Crippen LogP contribution in [0, 0.1) is 12.8 Å². The van der Waals surface area contributed by atoms with Gasteiger partial charge < -0.3 is 10.2 Å². The summed E-state index contributed by atoms with van der Waals surface area (Å²) in [6.45, 7) is 1.99. The average molecular weight is 388 g/mol. The number of oxime groups is 1. The van der Waals surface area contributed by atoms with Crippen LogP contribution in [0.25, 0.3) is 0 Å². The third-order valence-corrected chi connectivity index (χ3v) is 6.14. The zero-order valence-corrected chi connectivity index (χ0v) is 15.8. The summed E-state index contributed by atoms with van der Waals surface area (Å²) in [5.41, 5.74) is 2.15. The first-order valence-corrected chi connectivity index (χ1v) is 9.81. The van der Waals surface area contributed by atoms with Crippen molar-refractivity contribution in [3.63, 3.8) is 0 Å². The highest BCUT2D eigenvalue weighted by molar-refractivity contribution is 7.12. The second-order valence-corrected chi connectivity index (χ2v) is 7.89. The van der Waals surface area contributed by atoms with Crippen LogP contribution in [0.15, 0.2) is 71.2 Å². The number of amides is 1. The molecular weight excluding hydrogens is 372 g/mol. The monoisotopic (exact) mass is 388 g/mol. The number of ketones is 1. The average Bonchev–Trinajstić information content (AvgIpc) is 3.42. The molecule has 0 saturated carbocycles. The minimum Gasteiger partial charge on any atom is -0.373 e. The van der Waals surface area contributed by atoms with E-state index in [0.29, 0.717) is 21.8 Å². The number of nitrogens with zero attached hydrogens (tertiary/aromatic N) is 1. The molecule has 28 heavy (non-hydrogen) atoms. The fourth-order valence-electron chi connectivity index (χ4n) is 3.86. The summed E-state index contributed by atoms with van der Waals surface area (Å²) in [5.74, 6) is -1.40. The topological polar surface area (TPSA) is 67.8 Å². The molecule has 138 valence electrons. The molecule has 1 N–H and O–H groups in total. The van der Waals surface area contributed by atoms with E-state index >= 15 is 0 Å². The van der Waals surface area contributed by atoms with Crippen molar-refractivity contribution in [1.29, 1.82) is 0 Å². The molecule has 2 aromatic carbocycles. The SMILES string of the molecule is Cc1ccc(C2=NO[C@@]3(C(=O)Nc4ccccc43)[C@H]2C(=O)c2cccs2)cc1. The molecule has 2 atom stereocenters. The lowest BCUT2D eigenvalue weighted by Crippen LogP contribution is -2.46. The van der Waals surface area contributed by atoms with Gasteiger partial charge in [-0.1, -0.05) is 59.3 Å². The summed E-state index contributed by atoms with van der Waals surface area (Å²) < 4.78 is 0. The summed E-state index contributed by atoms with van der Waals surface area (Å²) >= 11 is 1.35. The predicted octanol–water partition coefficient (Wildman–Crippen LogP) is 4.14. The zero-order valence-electron chi connectivity index (χ0n) is 15.0. The Balaban J connectivity index is 1.70. The third-order valence-electron chi connectivity index (χ3n) is 5.25. The summed E-state index contributed by atoms with van der Waals surface area (Å²) in [5, 5.41) is 8.98. The van der Waals surface area contributed by atoms with Crippen LogP contribution in [0.5, 0.6) is 0 Å². The molecule has 2 aliphatic heterocycles. The van der Waals surface area contributed by atoms with Crippen LogP contribution in [-0.4, -0.2) is 17.4 Å². The summed E-state index contributed by atoms with van der Waals surface area (Å²) in [6, 6.07) is 18.6. The fourth-order valence-corrected chi connectivity index (χ4v) is 4.56. The number of carbonyl (C=O) groups excluding carboxylic acids is 2. The zero-order chi connectivity index (χ0) is 19.3. The molecule has 5 nitrogen and oxygen atoms in total. The lowest BCUT2D eigenvalue weighted by Gasteiger charge is -2.26. The highest BCUT2D eigenvalue weighted by Crippen LogP contribution is 2.49. The lowest BCUT2D eigenvalue weighted by molar-refractivity contribution is -0.140. The number of Topliss-reactive ketones (excluding diaryl/α,β-unsaturated/α-hetero) is 1. The Kier molecular flexibility index (Phi) is 3.70. The van der Waals surface area contributed by atoms with Gasteiger partial charge in [-0.25, -0.2) is 0 Å². The Bertz CT molecular complexity index is 1120. The molecular formula is C22H16N2O3S. The molecule has 5 rings (SSSR count). The van der Waals surface area contributed by atoms with Gasteiger partial charge in [-0.05, 0) is 24.4 Å². The number of para-hydroxylation sites is 1. The van der Waals surface area contributed by atoms with Gasteiger partial charge in [0.2, 0.25) is 0 Å². The summed E-state index contributed by atoms with van der Waals surface area (Å²) in [6.07, 6.45) is 0. The maximum atomic E-state index is 13.5. The van der Waals surface area contributed by atoms with E-state index in [-0.39, 0.29) is 11.7 Å². The normalized spacial score (nSPS) is 22.5. The Morgan fingerprint density at radius 1 is 1.11 bits per heavy atom. The van der Waals surface area contributed by atoms with E-state index < -0.39 is 11.5 Å². The van der Waals surface area contributed by atoms with Gasteiger partial charge in [-0.15, -0.1) is 11.3 Å². The van der Waals surface area contributed by atoms with Crippen LogP contribution >= 0.6 is 11.3 Å². The van der Waals surface area contributed by atoms with Gasteiger partial charge in [0.05, 0.1) is 4.88 Å². The molecule has 3 aromatic rings. The number of anilines is 1. The van der Waals surface area contributed by atoms with E-state index in [0.717, 1.165) is 11.1 Å². The van der Waals surface area contributed by atoms with Crippen LogP contribution in [0.3, 0.4) is 0 Å². The van der Waals surface area contributed by atoms with Crippen LogP contribution in [-0.2, 0) is 15.2 Å². The number of aryl methyl sites for hydroxylation is 1. The molecule has 1 amide bonds. The van der Waals surface area contributed by atoms with Crippen molar-refractivity contribution < 1.29 is 14.4 Å². The molecule has 3 heterocycles. The molecule has 2 aliphatic rings. The molecule has 0 unspecified atom stereocenters. The number of benzene rings is 2. The number of hydrogen-bond donors (Lipinski definition) is 1. The first kappa shape index (κ1) is 16.9. The highest BCUT2D eigenvalue weighted by atomic mass is 32.1. The summed E-state index contributed by atoms with van der Waals surface area (Å²) in [4.78, 5) is 33.1. The van der Waals surface area contributed by atoms with Crippen LogP contribution in [0.1, 0.15) is 26.4 Å². The van der Waals surface area contributed by atoms with Crippen LogP contribution in [0.4, 0.5) is 5.69 Å². The largest absolute Gasteiger partial charge is 0.373 e. The van der Waals surface area contributed by atoms with Gasteiger partial charge in [-0.2, -0.15) is 0 Å². The van der Waals surface area contributed by atoms with Crippen molar-refractivity contribution in [2.45, 2.75) is 12.5 Å². The lowest BCUT2D eigenvalue weighted by atomic mass is 9.75. The molecule has 0 aliphatic carbocycles. The van der Waals surface area contributed by atoms with E-state index in [1.807, 2.05) is 66.9 Å². The van der Waals surface area contributed by atoms with Gasteiger partial charge in [-0.3, -0.25) is 9.59 Å². The summed E-state index contributed by atoms with van der Waals surface area (Å²) in [7, 11) is 0. The molecule has 0 bridgehead atoms. The molecule has 0 radical (unpaired) electrons. The van der Waals surface area contributed by atoms with Gasteiger partial charge in [0.25, 0.3) is 11.5 Å². The van der Waals surface area contributed by atoms with Gasteiger partial charge >= 0.3 is 0 Å². The van der Waals surface area contributed by atoms with Crippen LogP contribution < -0.4 is 5.32 Å². The molecule has 0 saturated heterocycles. The van der Waals surface area contributed by atoms with E-state index in [4.69, 9.17) is 4.84 Å². The minimum absolute atomic E-state index is 0.168. The number of rotatable bonds is 3. The molecule has 6 heteroatoms. The number of fused-ring (bicyclic) bond motifs is 2. The maximum absolute atomic E-state index is 13.5. The number of hydrogen-bond acceptors (Lipinski definition) is 5. The second kappa shape index (κ2) is 6.14. The third kappa shape index (κ3) is 2.28. The maximum Gasteiger partial charge on any atom is 0.277 e. The standard InChI is InChI=1S/C22H16N2O3S/c1-13-8-10-14(11-9-13)19-18(20(25)17-7-4-12-28-17)22(27-24-19)15-5-2-3-6-16(15)23-21(22)26/h2-12,18H,1H3,(H,23,26)/t18-,22-/m1/s1. The van der Waals surface area contributed by atoms with Crippen molar-refractivity contribution in [2.75, 3.05) is 5.32 Å². The van der Waals surface area contributed by atoms with E-state index in [2.05, 4.69) is 10.5 Å². The van der Waals surface area contributed by atoms with Crippen molar-refractivity contribution in [3.8, 4) is 0 Å². The van der Waals surface area contributed by atoms with Gasteiger partial charge in [0, 0.05) is 16.8 Å². The van der Waals surface area contributed by atoms with E-state index in [9.17, 15) is 9.59 Å². The molecule has 0 fully saturated rings. The Hall–Kier alpha value is -3.25. The number of carbonyl (C=O) groups is 2. The van der Waals surface area contributed by atoms with Gasteiger partial charge in [0.15, 0.2) is 5.78 Å². The predicted molar refractivity (Wildman–Crippen MR) is 108 cm³/mol. The Morgan fingerprint density at radius 3 is 2.64 bits per heavy atom. The van der Waals surface area contributed by atoms with Crippen LogP contribution in [0.2, 0.25) is 0 Å². The number of thiophene rings is 1. The second-order valence-electron chi connectivity index (χ2n) is 6.94.